The first-order valence-corrected chi connectivity index (χ1v) is 6.22. The van der Waals surface area contributed by atoms with E-state index in [0.29, 0.717) is 11.5 Å². The van der Waals surface area contributed by atoms with Crippen molar-refractivity contribution in [2.75, 3.05) is 0 Å². The van der Waals surface area contributed by atoms with Crippen molar-refractivity contribution < 1.29 is 15.0 Å². The molecule has 1 aliphatic carbocycles. The molecule has 1 aromatic heterocycles. The molecule has 5 nitrogen and oxygen atoms in total. The molecule has 0 spiro atoms. The number of aliphatic hydroxyl groups excluding tert-OH is 1. The average Bonchev–Trinajstić information content (AvgIpc) is 3.15. The van der Waals surface area contributed by atoms with Crippen molar-refractivity contribution in [3.63, 3.8) is 0 Å². The van der Waals surface area contributed by atoms with Gasteiger partial charge in [0.25, 0.3) is 0 Å². The topological polar surface area (TPSA) is 75.3 Å². The molecule has 19 heavy (non-hydrogen) atoms. The number of benzene rings is 1. The molecule has 1 heterocycles. The van der Waals surface area contributed by atoms with Crippen LogP contribution in [0.4, 0.5) is 0 Å². The minimum absolute atomic E-state index is 0.372. The van der Waals surface area contributed by atoms with Gasteiger partial charge in [-0.05, 0) is 36.6 Å². The maximum absolute atomic E-state index is 10.7. The molecule has 1 saturated carbocycles. The largest absolute Gasteiger partial charge is 0.479 e. The molecule has 98 valence electrons. The van der Waals surface area contributed by atoms with Crippen LogP contribution in [0.1, 0.15) is 36.1 Å². The summed E-state index contributed by atoms with van der Waals surface area (Å²) in [5.41, 5.74) is 2.44. The molecule has 2 aromatic rings. The Hall–Kier alpha value is -2.14. The van der Waals surface area contributed by atoms with Crippen LogP contribution in [0, 0.1) is 0 Å². The molecule has 5 heteroatoms. The van der Waals surface area contributed by atoms with Crippen LogP contribution in [-0.4, -0.2) is 26.0 Å². The molecule has 1 aromatic carbocycles. The summed E-state index contributed by atoms with van der Waals surface area (Å²) in [6.07, 6.45) is 2.69. The van der Waals surface area contributed by atoms with Crippen molar-refractivity contribution in [3.8, 4) is 5.69 Å². The Labute approximate surface area is 110 Å². The van der Waals surface area contributed by atoms with Crippen molar-refractivity contribution in [2.24, 2.45) is 0 Å². The average molecular weight is 258 g/mol. The number of carbonyl (C=O) groups is 1. The predicted octanol–water partition coefficient (Wildman–Crippen LogP) is 1.87. The smallest absolute Gasteiger partial charge is 0.337 e. The number of carboxylic acids is 1. The Morgan fingerprint density at radius 1 is 1.26 bits per heavy atom. The van der Waals surface area contributed by atoms with Crippen molar-refractivity contribution in [1.82, 2.24) is 9.78 Å². The molecule has 3 rings (SSSR count). The van der Waals surface area contributed by atoms with E-state index in [4.69, 9.17) is 5.11 Å². The van der Waals surface area contributed by atoms with Crippen LogP contribution >= 0.6 is 0 Å². The van der Waals surface area contributed by atoms with E-state index >= 15 is 0 Å². The van der Waals surface area contributed by atoms with E-state index in [1.165, 1.54) is 18.5 Å². The van der Waals surface area contributed by atoms with Crippen LogP contribution < -0.4 is 0 Å². The van der Waals surface area contributed by atoms with E-state index in [1.54, 1.807) is 30.5 Å². The summed E-state index contributed by atoms with van der Waals surface area (Å²) in [4.78, 5) is 10.7. The third-order valence-electron chi connectivity index (χ3n) is 3.35. The first kappa shape index (κ1) is 11.9. The van der Waals surface area contributed by atoms with Gasteiger partial charge in [-0.3, -0.25) is 0 Å². The lowest BCUT2D eigenvalue weighted by molar-refractivity contribution is -0.146. The van der Waals surface area contributed by atoms with Gasteiger partial charge in [-0.2, -0.15) is 5.10 Å². The second-order valence-corrected chi connectivity index (χ2v) is 4.77. The quantitative estimate of drug-likeness (QED) is 0.877. The second kappa shape index (κ2) is 4.51. The summed E-state index contributed by atoms with van der Waals surface area (Å²) in [7, 11) is 0. The zero-order valence-corrected chi connectivity index (χ0v) is 10.2. The summed E-state index contributed by atoms with van der Waals surface area (Å²) >= 11 is 0. The highest BCUT2D eigenvalue weighted by Gasteiger charge is 2.27. The monoisotopic (exact) mass is 258 g/mol. The number of rotatable bonds is 4. The molecule has 0 amide bonds. The highest BCUT2D eigenvalue weighted by molar-refractivity contribution is 5.74. The molecule has 1 unspecified atom stereocenters. The van der Waals surface area contributed by atoms with Gasteiger partial charge in [-0.25, -0.2) is 9.48 Å². The van der Waals surface area contributed by atoms with Gasteiger partial charge >= 0.3 is 5.97 Å². The second-order valence-electron chi connectivity index (χ2n) is 4.77. The van der Waals surface area contributed by atoms with Gasteiger partial charge in [0.2, 0.25) is 0 Å². The summed E-state index contributed by atoms with van der Waals surface area (Å²) < 4.78 is 1.87. The lowest BCUT2D eigenvalue weighted by Crippen LogP contribution is -2.10. The molecule has 1 aliphatic rings. The number of hydrogen-bond donors (Lipinski definition) is 2. The normalized spacial score (nSPS) is 16.3. The fourth-order valence-corrected chi connectivity index (χ4v) is 2.16. The van der Waals surface area contributed by atoms with E-state index < -0.39 is 12.1 Å². The third kappa shape index (κ3) is 2.24. The Morgan fingerprint density at radius 2 is 1.95 bits per heavy atom. The number of aliphatic carboxylic acids is 1. The number of aliphatic hydroxyl groups is 1. The maximum atomic E-state index is 10.7. The first-order chi connectivity index (χ1) is 9.16. The van der Waals surface area contributed by atoms with Crippen LogP contribution in [-0.2, 0) is 4.79 Å². The summed E-state index contributed by atoms with van der Waals surface area (Å²) in [5.74, 6) is -0.655. The van der Waals surface area contributed by atoms with Gasteiger partial charge in [0.1, 0.15) is 0 Å². The van der Waals surface area contributed by atoms with Gasteiger partial charge in [0.05, 0.1) is 5.69 Å². The molecule has 1 fully saturated rings. The summed E-state index contributed by atoms with van der Waals surface area (Å²) in [5, 5.41) is 22.5. The molecular formula is C14H14N2O3. The van der Waals surface area contributed by atoms with Gasteiger partial charge in [0.15, 0.2) is 6.10 Å². The zero-order valence-electron chi connectivity index (χ0n) is 10.2. The van der Waals surface area contributed by atoms with Crippen molar-refractivity contribution in [1.29, 1.82) is 0 Å². The van der Waals surface area contributed by atoms with Crippen molar-refractivity contribution in [3.05, 3.63) is 47.8 Å². The fraction of sp³-hybridized carbons (Fsp3) is 0.286. The highest BCUT2D eigenvalue weighted by atomic mass is 16.4. The van der Waals surface area contributed by atoms with Gasteiger partial charge < -0.3 is 10.2 Å². The van der Waals surface area contributed by atoms with E-state index in [2.05, 4.69) is 5.10 Å². The molecule has 0 radical (unpaired) electrons. The molecule has 0 aliphatic heterocycles. The zero-order chi connectivity index (χ0) is 13.4. The minimum atomic E-state index is -1.48. The predicted molar refractivity (Wildman–Crippen MR) is 68.1 cm³/mol. The Bertz CT molecular complexity index is 599. The number of hydrogen-bond acceptors (Lipinski definition) is 3. The Morgan fingerprint density at radius 3 is 2.53 bits per heavy atom. The number of nitrogens with zero attached hydrogens (tertiary/aromatic N) is 2. The molecule has 2 N–H and O–H groups in total. The van der Waals surface area contributed by atoms with Crippen LogP contribution in [0.2, 0.25) is 0 Å². The van der Waals surface area contributed by atoms with Gasteiger partial charge in [0, 0.05) is 17.8 Å². The third-order valence-corrected chi connectivity index (χ3v) is 3.35. The van der Waals surface area contributed by atoms with Gasteiger partial charge in [-0.1, -0.05) is 12.1 Å². The van der Waals surface area contributed by atoms with Crippen molar-refractivity contribution in [2.45, 2.75) is 24.9 Å². The molecule has 0 bridgehead atoms. The minimum Gasteiger partial charge on any atom is -0.479 e. The van der Waals surface area contributed by atoms with E-state index in [9.17, 15) is 9.90 Å². The Balaban J connectivity index is 1.89. The molecule has 1 atom stereocenters. The summed E-state index contributed by atoms with van der Waals surface area (Å²) in [6.45, 7) is 0. The first-order valence-electron chi connectivity index (χ1n) is 6.22. The van der Waals surface area contributed by atoms with Crippen molar-refractivity contribution >= 4 is 5.97 Å². The van der Waals surface area contributed by atoms with Gasteiger partial charge in [-0.15, -0.1) is 0 Å². The maximum Gasteiger partial charge on any atom is 0.337 e. The molecular weight excluding hydrogens is 244 g/mol. The lowest BCUT2D eigenvalue weighted by Gasteiger charge is -2.09. The van der Waals surface area contributed by atoms with Crippen LogP contribution in [0.25, 0.3) is 5.69 Å². The van der Waals surface area contributed by atoms with Crippen LogP contribution in [0.5, 0.6) is 0 Å². The Kier molecular flexibility index (Phi) is 2.83. The van der Waals surface area contributed by atoms with Crippen LogP contribution in [0.15, 0.2) is 36.5 Å². The van der Waals surface area contributed by atoms with E-state index in [-0.39, 0.29) is 0 Å². The van der Waals surface area contributed by atoms with Crippen LogP contribution in [0.3, 0.4) is 0 Å². The standard InChI is InChI=1S/C14H14N2O3/c17-13(14(18)19)10-3-5-11(6-4-10)16-12(7-8-15-16)9-1-2-9/h3-9,13,17H,1-2H2,(H,18,19). The van der Waals surface area contributed by atoms with E-state index in [1.807, 2.05) is 10.7 Å². The number of carboxylic acid groups (broad SMARTS) is 1. The highest BCUT2D eigenvalue weighted by Crippen LogP contribution is 2.40. The lowest BCUT2D eigenvalue weighted by atomic mass is 10.1. The fourth-order valence-electron chi connectivity index (χ4n) is 2.16. The molecule has 0 saturated heterocycles. The summed E-state index contributed by atoms with van der Waals surface area (Å²) in [6, 6.07) is 8.80. The van der Waals surface area contributed by atoms with E-state index in [0.717, 1.165) is 5.69 Å². The SMILES string of the molecule is O=C(O)C(O)c1ccc(-n2nccc2C2CC2)cc1. The number of aromatic nitrogens is 2.